The Morgan fingerprint density at radius 2 is 1.85 bits per heavy atom. The van der Waals surface area contributed by atoms with Gasteiger partial charge in [-0.2, -0.15) is 0 Å². The molecule has 0 radical (unpaired) electrons. The number of nitrogens with one attached hydrogen (secondary N) is 4. The van der Waals surface area contributed by atoms with Crippen LogP contribution < -0.4 is 20.7 Å². The molecular weight excluding hydrogens is 832 g/mol. The molecule has 6 aromatic rings. The van der Waals surface area contributed by atoms with Gasteiger partial charge in [-0.05, 0) is 70.1 Å². The molecule has 0 fully saturated rings. The number of carbonyl (C=O) groups excluding carboxylic acids is 2. The Labute approximate surface area is 332 Å². The molecule has 0 saturated heterocycles. The normalized spacial score (nSPS) is 21.7. The lowest BCUT2D eigenvalue weighted by Gasteiger charge is -2.30. The zero-order valence-corrected chi connectivity index (χ0v) is 33.4. The lowest BCUT2D eigenvalue weighted by Crippen LogP contribution is -2.55. The van der Waals surface area contributed by atoms with E-state index in [-0.39, 0.29) is 37.0 Å². The number of carbonyl (C=O) groups is 2. The maximum atomic E-state index is 14.3. The van der Waals surface area contributed by atoms with Gasteiger partial charge < -0.3 is 39.6 Å². The van der Waals surface area contributed by atoms with E-state index >= 15 is 0 Å². The second-order valence-corrected chi connectivity index (χ2v) is 16.8. The summed E-state index contributed by atoms with van der Waals surface area (Å²) in [6.45, 7) is 7.43. The number of fused-ring (bicyclic) bond motifs is 7. The van der Waals surface area contributed by atoms with Crippen molar-refractivity contribution in [2.24, 2.45) is 5.92 Å². The topological polar surface area (TPSA) is 168 Å². The number of halogens is 2. The fourth-order valence-electron chi connectivity index (χ4n) is 8.79. The fraction of sp³-hybridized carbons (Fsp3) is 0.317. The molecule has 3 aromatic heterocycles. The average Bonchev–Trinajstić information content (AvgIpc) is 3.99. The molecule has 10 rings (SSSR count). The van der Waals surface area contributed by atoms with Crippen molar-refractivity contribution in [2.75, 3.05) is 5.32 Å². The number of anilines is 1. The van der Waals surface area contributed by atoms with Crippen LogP contribution in [0.5, 0.6) is 5.75 Å². The molecular formula is C41H36Br2N6O6. The fourth-order valence-corrected chi connectivity index (χ4v) is 9.70. The number of rotatable bonds is 5. The molecule has 3 aromatic carbocycles. The number of benzene rings is 3. The van der Waals surface area contributed by atoms with Gasteiger partial charge in [0.15, 0.2) is 28.0 Å². The standard InChI is InChI=1S/C41H36Br2N6O6/c1-5-40(52,6-2)38(51)45-26-13-18-10-11-27-23(12-18)41-24-15-19(42)14-21(30(24)48-39(41)53-27)20-8-7-9-25-28(20)22(16-44-25)32-34(43)49-37(54-32)31-33(41)55-36(47-31)29(17(3)4)46-35(26)50/h7-12,14-17,26,29,39,44,48,52H,5-6,13H2,1-4H3,(H,45,51)(H,46,50)/t26-,29-,39?,41?/m0/s1. The van der Waals surface area contributed by atoms with Crippen molar-refractivity contribution in [1.82, 2.24) is 25.6 Å². The van der Waals surface area contributed by atoms with E-state index in [4.69, 9.17) is 23.5 Å². The average molecular weight is 869 g/mol. The minimum absolute atomic E-state index is 0.150. The Morgan fingerprint density at radius 3 is 2.64 bits per heavy atom. The highest BCUT2D eigenvalue weighted by Gasteiger charge is 2.62. The Bertz CT molecular complexity index is 2620. The highest BCUT2D eigenvalue weighted by molar-refractivity contribution is 9.10. The lowest BCUT2D eigenvalue weighted by atomic mass is 9.72. The summed E-state index contributed by atoms with van der Waals surface area (Å²) in [6, 6.07) is 14.4. The summed E-state index contributed by atoms with van der Waals surface area (Å²) in [5, 5.41) is 21.9. The van der Waals surface area contributed by atoms with Gasteiger partial charge in [-0.3, -0.25) is 9.59 Å². The summed E-state index contributed by atoms with van der Waals surface area (Å²) in [5.41, 5.74) is 4.62. The zero-order chi connectivity index (χ0) is 38.1. The van der Waals surface area contributed by atoms with Crippen molar-refractivity contribution in [1.29, 1.82) is 0 Å². The summed E-state index contributed by atoms with van der Waals surface area (Å²) in [4.78, 5) is 41.4. The summed E-state index contributed by atoms with van der Waals surface area (Å²) in [5.74, 6) is 0.846. The van der Waals surface area contributed by atoms with Gasteiger partial charge in [-0.15, -0.1) is 0 Å². The van der Waals surface area contributed by atoms with Gasteiger partial charge in [0.2, 0.25) is 11.8 Å². The first kappa shape index (κ1) is 34.6. The van der Waals surface area contributed by atoms with Crippen molar-refractivity contribution >= 4 is 60.3 Å². The number of nitrogens with zero attached hydrogens (tertiary/aromatic N) is 2. The summed E-state index contributed by atoms with van der Waals surface area (Å²) in [6.07, 6.45) is 1.78. The van der Waals surface area contributed by atoms with Crippen molar-refractivity contribution in [3.63, 3.8) is 0 Å². The van der Waals surface area contributed by atoms with Crippen LogP contribution in [-0.4, -0.2) is 49.7 Å². The Hall–Kier alpha value is -4.92. The molecule has 4 aliphatic heterocycles. The quantitative estimate of drug-likeness (QED) is 0.116. The SMILES string of the molecule is CCC(O)(CC)C(=O)N[C@H]1Cc2ccc3c(c2)C24c5cc(Br)cc(c5NC2O3)-c2cccc3[nH]cc(c23)-c2oc(nc2Br)-c2nc(oc24)[C@H](C(C)C)NC1=O. The number of hydrogen-bond donors (Lipinski definition) is 5. The third kappa shape index (κ3) is 4.77. The molecule has 280 valence electrons. The van der Waals surface area contributed by atoms with Crippen LogP contribution in [0.3, 0.4) is 0 Å². The monoisotopic (exact) mass is 866 g/mol. The molecule has 2 amide bonds. The molecule has 55 heavy (non-hydrogen) atoms. The molecule has 12 nitrogen and oxygen atoms in total. The van der Waals surface area contributed by atoms with E-state index in [0.717, 1.165) is 54.4 Å². The molecule has 0 saturated carbocycles. The third-order valence-corrected chi connectivity index (χ3v) is 12.8. The van der Waals surface area contributed by atoms with E-state index in [2.05, 4.69) is 71.0 Å². The number of aromatic nitrogens is 3. The number of H-pyrrole nitrogens is 1. The number of aliphatic hydroxyl groups is 1. The predicted molar refractivity (Wildman–Crippen MR) is 211 cm³/mol. The van der Waals surface area contributed by atoms with Crippen LogP contribution in [0, 0.1) is 5.92 Å². The van der Waals surface area contributed by atoms with Crippen LogP contribution in [-0.2, 0) is 21.4 Å². The largest absolute Gasteiger partial charge is 0.469 e. The van der Waals surface area contributed by atoms with Gasteiger partial charge in [-0.25, -0.2) is 9.97 Å². The van der Waals surface area contributed by atoms with E-state index in [1.54, 1.807) is 13.8 Å². The molecule has 4 atom stereocenters. The highest BCUT2D eigenvalue weighted by Crippen LogP contribution is 2.62. The summed E-state index contributed by atoms with van der Waals surface area (Å²) < 4.78 is 22.0. The van der Waals surface area contributed by atoms with Gasteiger partial charge in [0.1, 0.15) is 28.8 Å². The van der Waals surface area contributed by atoms with Crippen LogP contribution in [0.1, 0.15) is 74.9 Å². The lowest BCUT2D eigenvalue weighted by molar-refractivity contribution is -0.143. The second kappa shape index (κ2) is 12.0. The van der Waals surface area contributed by atoms with Gasteiger partial charge in [-0.1, -0.05) is 67.9 Å². The van der Waals surface area contributed by atoms with Crippen LogP contribution in [0.4, 0.5) is 5.69 Å². The van der Waals surface area contributed by atoms with Crippen molar-refractivity contribution < 1.29 is 28.3 Å². The zero-order valence-electron chi connectivity index (χ0n) is 30.3. The number of aromatic amines is 1. The van der Waals surface area contributed by atoms with E-state index in [1.807, 2.05) is 50.4 Å². The van der Waals surface area contributed by atoms with Crippen LogP contribution in [0.2, 0.25) is 0 Å². The number of hydrogen-bond acceptors (Lipinski definition) is 9. The van der Waals surface area contributed by atoms with E-state index in [9.17, 15) is 14.7 Å². The minimum Gasteiger partial charge on any atom is -0.469 e. The van der Waals surface area contributed by atoms with E-state index in [1.165, 1.54) is 0 Å². The molecule has 4 aliphatic rings. The van der Waals surface area contributed by atoms with Gasteiger partial charge in [0, 0.05) is 55.9 Å². The van der Waals surface area contributed by atoms with Crippen molar-refractivity contribution in [3.05, 3.63) is 92.1 Å². The molecule has 5 N–H and O–H groups in total. The predicted octanol–water partition coefficient (Wildman–Crippen LogP) is 7.87. The van der Waals surface area contributed by atoms with E-state index in [0.29, 0.717) is 27.6 Å². The third-order valence-electron chi connectivity index (χ3n) is 11.8. The Kier molecular flexibility index (Phi) is 7.56. The van der Waals surface area contributed by atoms with Gasteiger partial charge in [0.25, 0.3) is 11.8 Å². The Balaban J connectivity index is 1.30. The first-order valence-electron chi connectivity index (χ1n) is 18.5. The number of amides is 2. The van der Waals surface area contributed by atoms with Crippen LogP contribution in [0.15, 0.2) is 72.6 Å². The van der Waals surface area contributed by atoms with Crippen LogP contribution in [0.25, 0.3) is 44.9 Å². The number of oxazole rings is 2. The van der Waals surface area contributed by atoms with E-state index < -0.39 is 41.1 Å². The van der Waals surface area contributed by atoms with Crippen LogP contribution >= 0.6 is 31.9 Å². The molecule has 7 heterocycles. The smallest absolute Gasteiger partial charge is 0.252 e. The summed E-state index contributed by atoms with van der Waals surface area (Å²) in [7, 11) is 0. The maximum Gasteiger partial charge on any atom is 0.252 e. The number of ether oxygens (including phenoxy) is 1. The maximum absolute atomic E-state index is 14.3. The first-order valence-corrected chi connectivity index (χ1v) is 20.1. The first-order chi connectivity index (χ1) is 26.4. The van der Waals surface area contributed by atoms with Crippen molar-refractivity contribution in [2.45, 2.75) is 76.3 Å². The van der Waals surface area contributed by atoms with Crippen molar-refractivity contribution in [3.8, 4) is 39.8 Å². The van der Waals surface area contributed by atoms with Gasteiger partial charge in [0.05, 0.1) is 0 Å². The summed E-state index contributed by atoms with van der Waals surface area (Å²) >= 11 is 7.59. The molecule has 10 bridgehead atoms. The molecule has 14 heteroatoms. The van der Waals surface area contributed by atoms with Gasteiger partial charge >= 0.3 is 0 Å². The highest BCUT2D eigenvalue weighted by atomic mass is 79.9. The molecule has 2 unspecified atom stereocenters. The second-order valence-electron chi connectivity index (χ2n) is 15.2. The molecule has 0 aliphatic carbocycles. The minimum atomic E-state index is -1.63. The Morgan fingerprint density at radius 1 is 1.04 bits per heavy atom. The molecule has 1 spiro atoms.